The van der Waals surface area contributed by atoms with E-state index in [-0.39, 0.29) is 11.5 Å². The first kappa shape index (κ1) is 14.3. The highest BCUT2D eigenvalue weighted by molar-refractivity contribution is 7.82. The topological polar surface area (TPSA) is 49.8 Å². The Hall–Kier alpha value is -2.14. The van der Waals surface area contributed by atoms with Crippen molar-refractivity contribution < 1.29 is 14.6 Å². The van der Waals surface area contributed by atoms with E-state index in [1.165, 1.54) is 12.1 Å². The van der Waals surface area contributed by atoms with Gasteiger partial charge in [0.2, 0.25) is 0 Å². The molecule has 0 saturated carbocycles. The lowest BCUT2D eigenvalue weighted by atomic mass is 10.1. The van der Waals surface area contributed by atoms with Gasteiger partial charge >= 0.3 is 6.09 Å². The smallest absolute Gasteiger partial charge is 0.430 e. The molecule has 2 aromatic carbocycles. The number of phenolic OH excluding ortho intramolecular Hbond substituents is 1. The van der Waals surface area contributed by atoms with Crippen LogP contribution in [0.25, 0.3) is 0 Å². The lowest BCUT2D eigenvalue weighted by Gasteiger charge is -2.19. The van der Waals surface area contributed by atoms with Crippen LogP contribution in [0.2, 0.25) is 0 Å². The Morgan fingerprint density at radius 1 is 1.10 bits per heavy atom. The number of rotatable bonds is 2. The predicted molar refractivity (Wildman–Crippen MR) is 81.5 cm³/mol. The van der Waals surface area contributed by atoms with E-state index in [9.17, 15) is 9.90 Å². The first-order chi connectivity index (χ1) is 9.50. The Bertz CT molecular complexity index is 623. The molecule has 1 amide bonds. The van der Waals surface area contributed by atoms with Gasteiger partial charge in [-0.15, -0.1) is 0 Å². The van der Waals surface area contributed by atoms with Crippen LogP contribution in [0, 0.1) is 13.8 Å². The van der Waals surface area contributed by atoms with E-state index in [2.05, 4.69) is 12.8 Å². The van der Waals surface area contributed by atoms with Crippen molar-refractivity contribution in [3.8, 4) is 11.5 Å². The van der Waals surface area contributed by atoms with Crippen LogP contribution in [0.1, 0.15) is 11.1 Å². The molecule has 0 aliphatic rings. The van der Waals surface area contributed by atoms with Crippen molar-refractivity contribution in [3.05, 3.63) is 53.6 Å². The second-order valence-electron chi connectivity index (χ2n) is 4.39. The van der Waals surface area contributed by atoms with E-state index < -0.39 is 6.09 Å². The van der Waals surface area contributed by atoms with Gasteiger partial charge in [0, 0.05) is 0 Å². The van der Waals surface area contributed by atoms with Crippen molar-refractivity contribution in [3.63, 3.8) is 0 Å². The largest absolute Gasteiger partial charge is 0.504 e. The van der Waals surface area contributed by atoms with Gasteiger partial charge < -0.3 is 9.84 Å². The second kappa shape index (κ2) is 5.88. The average molecular weight is 289 g/mol. The molecule has 0 unspecified atom stereocenters. The minimum Gasteiger partial charge on any atom is -0.504 e. The molecule has 0 fully saturated rings. The molecule has 104 valence electrons. The van der Waals surface area contributed by atoms with Crippen LogP contribution in [0.3, 0.4) is 0 Å². The highest BCUT2D eigenvalue weighted by atomic mass is 32.1. The van der Waals surface area contributed by atoms with Gasteiger partial charge in [0.05, 0.1) is 5.69 Å². The Kier molecular flexibility index (Phi) is 4.20. The SMILES string of the molecule is Cc1cccc(C)c1N(S)C(=O)Oc1ccccc1O. The van der Waals surface area contributed by atoms with Crippen LogP contribution < -0.4 is 9.04 Å². The van der Waals surface area contributed by atoms with Gasteiger partial charge in [-0.3, -0.25) is 0 Å². The van der Waals surface area contributed by atoms with Gasteiger partial charge in [-0.1, -0.05) is 43.1 Å². The molecule has 0 heterocycles. The van der Waals surface area contributed by atoms with E-state index in [1.807, 2.05) is 32.0 Å². The normalized spacial score (nSPS) is 10.2. The zero-order chi connectivity index (χ0) is 14.7. The van der Waals surface area contributed by atoms with Crippen LogP contribution in [-0.2, 0) is 0 Å². The first-order valence-electron chi connectivity index (χ1n) is 6.05. The molecule has 2 aromatic rings. The molecule has 20 heavy (non-hydrogen) atoms. The molecule has 0 aliphatic heterocycles. The molecule has 0 spiro atoms. The number of thiol groups is 1. The fourth-order valence-corrected chi connectivity index (χ4v) is 2.27. The summed E-state index contributed by atoms with van der Waals surface area (Å²) < 4.78 is 6.27. The van der Waals surface area contributed by atoms with Crippen LogP contribution in [0.4, 0.5) is 10.5 Å². The lowest BCUT2D eigenvalue weighted by Crippen LogP contribution is -2.26. The first-order valence-corrected chi connectivity index (χ1v) is 6.45. The maximum Gasteiger partial charge on any atom is 0.430 e. The number of hydrogen-bond donors (Lipinski definition) is 2. The predicted octanol–water partition coefficient (Wildman–Crippen LogP) is 3.86. The number of aryl methyl sites for hydroxylation is 2. The van der Waals surface area contributed by atoms with E-state index in [0.717, 1.165) is 15.4 Å². The maximum atomic E-state index is 12.1. The molecule has 2 rings (SSSR count). The number of anilines is 1. The molecule has 1 N–H and O–H groups in total. The van der Waals surface area contributed by atoms with Gasteiger partial charge in [-0.2, -0.15) is 0 Å². The molecule has 0 atom stereocenters. The fourth-order valence-electron chi connectivity index (χ4n) is 1.91. The Labute approximate surface area is 123 Å². The molecule has 0 bridgehead atoms. The summed E-state index contributed by atoms with van der Waals surface area (Å²) in [4.78, 5) is 12.1. The molecular formula is C15H15NO3S. The lowest BCUT2D eigenvalue weighted by molar-refractivity contribution is 0.210. The average Bonchev–Trinajstić information content (AvgIpc) is 2.41. The van der Waals surface area contributed by atoms with Crippen molar-refractivity contribution in [2.75, 3.05) is 4.31 Å². The van der Waals surface area contributed by atoms with Crippen molar-refractivity contribution in [1.82, 2.24) is 0 Å². The number of carbonyl (C=O) groups excluding carboxylic acids is 1. The molecule has 0 saturated heterocycles. The Morgan fingerprint density at radius 3 is 2.30 bits per heavy atom. The summed E-state index contributed by atoms with van der Waals surface area (Å²) in [6.45, 7) is 3.78. The zero-order valence-electron chi connectivity index (χ0n) is 11.2. The molecule has 5 heteroatoms. The number of aromatic hydroxyl groups is 1. The molecular weight excluding hydrogens is 274 g/mol. The summed E-state index contributed by atoms with van der Waals surface area (Å²) in [6, 6.07) is 12.0. The second-order valence-corrected chi connectivity index (χ2v) is 4.79. The van der Waals surface area contributed by atoms with E-state index in [1.54, 1.807) is 12.1 Å². The molecule has 0 aliphatic carbocycles. The molecule has 4 nitrogen and oxygen atoms in total. The van der Waals surface area contributed by atoms with Gasteiger partial charge in [-0.05, 0) is 37.1 Å². The minimum absolute atomic E-state index is 0.0934. The van der Waals surface area contributed by atoms with Crippen LogP contribution in [0.15, 0.2) is 42.5 Å². The number of benzene rings is 2. The summed E-state index contributed by atoms with van der Waals surface area (Å²) >= 11 is 4.20. The minimum atomic E-state index is -0.674. The highest BCUT2D eigenvalue weighted by Gasteiger charge is 2.19. The van der Waals surface area contributed by atoms with E-state index >= 15 is 0 Å². The number of phenols is 1. The summed E-state index contributed by atoms with van der Waals surface area (Å²) in [5.41, 5.74) is 2.50. The summed E-state index contributed by atoms with van der Waals surface area (Å²) in [7, 11) is 0. The third-order valence-electron chi connectivity index (χ3n) is 2.89. The summed E-state index contributed by atoms with van der Waals surface area (Å²) in [5.74, 6) is 0.00637. The maximum absolute atomic E-state index is 12.1. The number of amides is 1. The van der Waals surface area contributed by atoms with Crippen LogP contribution >= 0.6 is 12.8 Å². The summed E-state index contributed by atoms with van der Waals surface area (Å²) in [6.07, 6.45) is -0.674. The third-order valence-corrected chi connectivity index (χ3v) is 3.25. The van der Waals surface area contributed by atoms with Crippen LogP contribution in [0.5, 0.6) is 11.5 Å². The number of nitrogens with zero attached hydrogens (tertiary/aromatic N) is 1. The van der Waals surface area contributed by atoms with Gasteiger partial charge in [0.1, 0.15) is 0 Å². The number of ether oxygens (including phenoxy) is 1. The Morgan fingerprint density at radius 2 is 1.70 bits per heavy atom. The monoisotopic (exact) mass is 289 g/mol. The summed E-state index contributed by atoms with van der Waals surface area (Å²) in [5, 5.41) is 9.60. The standard InChI is InChI=1S/C15H15NO3S/c1-10-6-5-7-11(2)14(10)16(20)15(18)19-13-9-4-3-8-12(13)17/h3-9,17,20H,1-2H3. The van der Waals surface area contributed by atoms with Crippen molar-refractivity contribution in [2.45, 2.75) is 13.8 Å². The van der Waals surface area contributed by atoms with Gasteiger partial charge in [0.15, 0.2) is 11.5 Å². The number of para-hydroxylation sites is 3. The third kappa shape index (κ3) is 2.88. The van der Waals surface area contributed by atoms with Crippen molar-refractivity contribution in [1.29, 1.82) is 0 Å². The van der Waals surface area contributed by atoms with Crippen molar-refractivity contribution in [2.24, 2.45) is 0 Å². The van der Waals surface area contributed by atoms with E-state index in [0.29, 0.717) is 5.69 Å². The number of hydrogen-bond acceptors (Lipinski definition) is 4. The van der Waals surface area contributed by atoms with Gasteiger partial charge in [0.25, 0.3) is 0 Å². The van der Waals surface area contributed by atoms with Gasteiger partial charge in [-0.25, -0.2) is 9.10 Å². The van der Waals surface area contributed by atoms with Crippen LogP contribution in [-0.4, -0.2) is 11.2 Å². The fraction of sp³-hybridized carbons (Fsp3) is 0.133. The quantitative estimate of drug-likeness (QED) is 0.825. The highest BCUT2D eigenvalue weighted by Crippen LogP contribution is 2.29. The van der Waals surface area contributed by atoms with Crippen molar-refractivity contribution >= 4 is 24.6 Å². The van der Waals surface area contributed by atoms with E-state index in [4.69, 9.17) is 4.74 Å². The molecule has 0 aromatic heterocycles. The Balaban J connectivity index is 2.24. The zero-order valence-corrected chi connectivity index (χ0v) is 12.1. The molecule has 0 radical (unpaired) electrons. The number of carbonyl (C=O) groups is 1.